The summed E-state index contributed by atoms with van der Waals surface area (Å²) in [6.07, 6.45) is 18.2. The van der Waals surface area contributed by atoms with Crippen molar-refractivity contribution in [1.29, 1.82) is 0 Å². The molecule has 198 valence electrons. The van der Waals surface area contributed by atoms with Gasteiger partial charge >= 0.3 is 0 Å². The maximum atomic E-state index is 15.5. The summed E-state index contributed by atoms with van der Waals surface area (Å²) in [6, 6.07) is 0. The Morgan fingerprint density at radius 2 is 0.545 bits per heavy atom. The summed E-state index contributed by atoms with van der Waals surface area (Å²) >= 11 is 0. The van der Waals surface area contributed by atoms with Crippen LogP contribution in [0.2, 0.25) is 0 Å². The molecule has 0 aromatic heterocycles. The molecular formula is C30H57F3. The molecule has 0 nitrogen and oxygen atoms in total. The highest BCUT2D eigenvalue weighted by atomic mass is 19.2. The molecule has 1 aliphatic carbocycles. The Morgan fingerprint density at radius 1 is 0.333 bits per heavy atom. The molecule has 0 aromatic rings. The summed E-state index contributed by atoms with van der Waals surface area (Å²) in [4.78, 5) is 0. The first kappa shape index (κ1) is 30.8. The number of rotatable bonds is 21. The molecule has 0 aliphatic heterocycles. The molecule has 0 radical (unpaired) electrons. The van der Waals surface area contributed by atoms with Gasteiger partial charge < -0.3 is 0 Å². The Labute approximate surface area is 205 Å². The van der Waals surface area contributed by atoms with Crippen molar-refractivity contribution in [1.82, 2.24) is 0 Å². The Balaban J connectivity index is 2.62. The molecule has 1 fully saturated rings. The molecule has 0 amide bonds. The zero-order chi connectivity index (χ0) is 24.3. The fourth-order valence-electron chi connectivity index (χ4n) is 5.92. The normalized spacial score (nSPS) is 27.8. The highest BCUT2D eigenvalue weighted by Crippen LogP contribution is 2.46. The van der Waals surface area contributed by atoms with E-state index in [0.29, 0.717) is 19.3 Å². The van der Waals surface area contributed by atoms with Crippen LogP contribution in [0.25, 0.3) is 0 Å². The first-order valence-electron chi connectivity index (χ1n) is 15.0. The highest BCUT2D eigenvalue weighted by Gasteiger charge is 2.50. The van der Waals surface area contributed by atoms with Gasteiger partial charge in [-0.15, -0.1) is 0 Å². The second-order valence-corrected chi connectivity index (χ2v) is 11.0. The molecule has 1 saturated carbocycles. The fraction of sp³-hybridized carbons (Fsp3) is 1.00. The SMILES string of the molecule is CCCCCCCCC1C(F)C(CCCCCCCC)C(F)C(CCCCCCCC)C1F. The van der Waals surface area contributed by atoms with Gasteiger partial charge in [-0.25, -0.2) is 13.2 Å². The van der Waals surface area contributed by atoms with Gasteiger partial charge in [-0.2, -0.15) is 0 Å². The van der Waals surface area contributed by atoms with Crippen LogP contribution in [-0.2, 0) is 0 Å². The second kappa shape index (κ2) is 20.0. The summed E-state index contributed by atoms with van der Waals surface area (Å²) in [7, 11) is 0. The van der Waals surface area contributed by atoms with Crippen LogP contribution in [0.3, 0.4) is 0 Å². The third kappa shape index (κ3) is 12.4. The van der Waals surface area contributed by atoms with Crippen molar-refractivity contribution in [3.8, 4) is 0 Å². The highest BCUT2D eigenvalue weighted by molar-refractivity contribution is 4.98. The third-order valence-corrected chi connectivity index (χ3v) is 8.13. The molecular weight excluding hydrogens is 417 g/mol. The number of hydrogen-bond donors (Lipinski definition) is 0. The predicted octanol–water partition coefficient (Wildman–Crippen LogP) is 11.1. The molecule has 0 spiro atoms. The lowest BCUT2D eigenvalue weighted by atomic mass is 9.67. The molecule has 1 aliphatic rings. The van der Waals surface area contributed by atoms with Crippen molar-refractivity contribution < 1.29 is 13.2 Å². The molecule has 0 N–H and O–H groups in total. The quantitative estimate of drug-likeness (QED) is 0.145. The first-order chi connectivity index (χ1) is 16.1. The van der Waals surface area contributed by atoms with E-state index >= 15 is 13.2 Å². The van der Waals surface area contributed by atoms with Crippen LogP contribution >= 0.6 is 0 Å². The van der Waals surface area contributed by atoms with Crippen molar-refractivity contribution in [2.75, 3.05) is 0 Å². The van der Waals surface area contributed by atoms with E-state index in [1.54, 1.807) is 0 Å². The van der Waals surface area contributed by atoms with E-state index in [1.165, 1.54) is 57.8 Å². The average Bonchev–Trinajstić information content (AvgIpc) is 2.81. The van der Waals surface area contributed by atoms with Gasteiger partial charge in [-0.1, -0.05) is 136 Å². The van der Waals surface area contributed by atoms with Gasteiger partial charge in [-0.05, 0) is 19.3 Å². The Hall–Kier alpha value is -0.210. The summed E-state index contributed by atoms with van der Waals surface area (Å²) in [5.74, 6) is -1.75. The van der Waals surface area contributed by atoms with E-state index in [1.807, 2.05) is 0 Å². The zero-order valence-electron chi connectivity index (χ0n) is 22.4. The lowest BCUT2D eigenvalue weighted by Gasteiger charge is -2.43. The minimum atomic E-state index is -1.30. The van der Waals surface area contributed by atoms with Crippen LogP contribution in [0.4, 0.5) is 13.2 Å². The first-order valence-corrected chi connectivity index (χ1v) is 15.0. The molecule has 0 atom stereocenters. The van der Waals surface area contributed by atoms with Gasteiger partial charge in [-0.3, -0.25) is 0 Å². The fourth-order valence-corrected chi connectivity index (χ4v) is 5.92. The van der Waals surface area contributed by atoms with Crippen LogP contribution in [0.5, 0.6) is 0 Å². The summed E-state index contributed by atoms with van der Waals surface area (Å²) < 4.78 is 46.5. The number of alkyl halides is 3. The lowest BCUT2D eigenvalue weighted by molar-refractivity contribution is -0.0760. The summed E-state index contributed by atoms with van der Waals surface area (Å²) in [6.45, 7) is 6.60. The van der Waals surface area contributed by atoms with E-state index in [-0.39, 0.29) is 0 Å². The standard InChI is InChI=1S/C30H57F3/c1-4-7-10-13-16-19-22-25-28(31)26(23-20-17-14-11-8-5-2)30(33)27(29(25)32)24-21-18-15-12-9-6-3/h25-30H,4-24H2,1-3H3. The van der Waals surface area contributed by atoms with E-state index in [0.717, 1.165) is 57.8 Å². The van der Waals surface area contributed by atoms with Crippen LogP contribution in [0.15, 0.2) is 0 Å². The van der Waals surface area contributed by atoms with Crippen LogP contribution in [0.1, 0.15) is 156 Å². The van der Waals surface area contributed by atoms with Crippen molar-refractivity contribution in [3.63, 3.8) is 0 Å². The van der Waals surface area contributed by atoms with Crippen molar-refractivity contribution in [3.05, 3.63) is 0 Å². The summed E-state index contributed by atoms with van der Waals surface area (Å²) in [5, 5.41) is 0. The van der Waals surface area contributed by atoms with Crippen LogP contribution < -0.4 is 0 Å². The molecule has 0 aromatic carbocycles. The van der Waals surface area contributed by atoms with E-state index in [2.05, 4.69) is 20.8 Å². The van der Waals surface area contributed by atoms with Gasteiger partial charge in [0.25, 0.3) is 0 Å². The van der Waals surface area contributed by atoms with Crippen molar-refractivity contribution >= 4 is 0 Å². The van der Waals surface area contributed by atoms with Crippen molar-refractivity contribution in [2.24, 2.45) is 17.8 Å². The van der Waals surface area contributed by atoms with Gasteiger partial charge in [0.15, 0.2) is 0 Å². The lowest BCUT2D eigenvalue weighted by Crippen LogP contribution is -2.50. The third-order valence-electron chi connectivity index (χ3n) is 8.13. The Kier molecular flexibility index (Phi) is 18.7. The van der Waals surface area contributed by atoms with E-state index < -0.39 is 36.3 Å². The monoisotopic (exact) mass is 474 g/mol. The molecule has 0 bridgehead atoms. The number of unbranched alkanes of at least 4 members (excludes halogenated alkanes) is 15. The van der Waals surface area contributed by atoms with Gasteiger partial charge in [0.05, 0.1) is 0 Å². The maximum absolute atomic E-state index is 15.5. The van der Waals surface area contributed by atoms with E-state index in [9.17, 15) is 0 Å². The second-order valence-electron chi connectivity index (χ2n) is 11.0. The molecule has 0 unspecified atom stereocenters. The Bertz CT molecular complexity index is 353. The molecule has 3 heteroatoms. The Morgan fingerprint density at radius 3 is 0.788 bits per heavy atom. The molecule has 1 rings (SSSR count). The number of hydrogen-bond acceptors (Lipinski definition) is 0. The van der Waals surface area contributed by atoms with Gasteiger partial charge in [0, 0.05) is 17.8 Å². The molecule has 0 heterocycles. The van der Waals surface area contributed by atoms with Crippen LogP contribution in [-0.4, -0.2) is 18.5 Å². The number of halogens is 3. The molecule has 0 saturated heterocycles. The van der Waals surface area contributed by atoms with Gasteiger partial charge in [0.1, 0.15) is 18.5 Å². The topological polar surface area (TPSA) is 0 Å². The minimum absolute atomic E-state index is 0.585. The predicted molar refractivity (Wildman–Crippen MR) is 139 cm³/mol. The molecule has 33 heavy (non-hydrogen) atoms. The maximum Gasteiger partial charge on any atom is 0.111 e. The van der Waals surface area contributed by atoms with Crippen molar-refractivity contribution in [2.45, 2.75) is 174 Å². The smallest absolute Gasteiger partial charge is 0.111 e. The zero-order valence-corrected chi connectivity index (χ0v) is 22.4. The minimum Gasteiger partial charge on any atom is -0.247 e. The average molecular weight is 475 g/mol. The summed E-state index contributed by atoms with van der Waals surface area (Å²) in [5.41, 5.74) is 0. The largest absolute Gasteiger partial charge is 0.247 e. The van der Waals surface area contributed by atoms with E-state index in [4.69, 9.17) is 0 Å². The van der Waals surface area contributed by atoms with Gasteiger partial charge in [0.2, 0.25) is 0 Å². The van der Waals surface area contributed by atoms with Crippen LogP contribution in [0, 0.1) is 17.8 Å².